The highest BCUT2D eigenvalue weighted by molar-refractivity contribution is 6.30. The zero-order valence-corrected chi connectivity index (χ0v) is 10.9. The number of hydrogen-bond donors (Lipinski definition) is 1. The minimum Gasteiger partial charge on any atom is -0.477 e. The van der Waals surface area contributed by atoms with Gasteiger partial charge in [-0.3, -0.25) is 0 Å². The summed E-state index contributed by atoms with van der Waals surface area (Å²) in [7, 11) is 1.32. The Morgan fingerprint density at radius 3 is 2.50 bits per heavy atom. The molecule has 0 spiro atoms. The predicted octanol–water partition coefficient (Wildman–Crippen LogP) is 3.50. The lowest BCUT2D eigenvalue weighted by Crippen LogP contribution is -2.03. The van der Waals surface area contributed by atoms with Gasteiger partial charge in [0, 0.05) is 12.1 Å². The highest BCUT2D eigenvalue weighted by Gasteiger charge is 2.29. The Labute approximate surface area is 117 Å². The lowest BCUT2D eigenvalue weighted by molar-refractivity contribution is 0.0681. The predicted molar refractivity (Wildman–Crippen MR) is 66.7 cm³/mol. The van der Waals surface area contributed by atoms with Crippen molar-refractivity contribution in [1.82, 2.24) is 9.78 Å². The van der Waals surface area contributed by atoms with Crippen molar-refractivity contribution in [3.63, 3.8) is 0 Å². The Balaban J connectivity index is 2.45. The first kappa shape index (κ1) is 14.3. The highest BCUT2D eigenvalue weighted by Crippen LogP contribution is 2.32. The minimum absolute atomic E-state index is 0.265. The van der Waals surface area contributed by atoms with Crippen molar-refractivity contribution in [1.29, 1.82) is 0 Å². The topological polar surface area (TPSA) is 64.4 Å². The van der Waals surface area contributed by atoms with Crippen LogP contribution in [0.3, 0.4) is 0 Å². The van der Waals surface area contributed by atoms with Gasteiger partial charge in [-0.05, 0) is 24.3 Å². The van der Waals surface area contributed by atoms with Crippen LogP contribution in [-0.4, -0.2) is 20.9 Å². The highest BCUT2D eigenvalue weighted by atomic mass is 35.5. The molecule has 0 saturated heterocycles. The molecular weight excluding hydrogens is 294 g/mol. The van der Waals surface area contributed by atoms with Gasteiger partial charge in [0.1, 0.15) is 11.4 Å². The third kappa shape index (κ3) is 2.72. The van der Waals surface area contributed by atoms with E-state index in [4.69, 9.17) is 21.4 Å². The normalized spacial score (nSPS) is 10.8. The van der Waals surface area contributed by atoms with Crippen LogP contribution in [0.4, 0.5) is 8.78 Å². The Morgan fingerprint density at radius 1 is 1.40 bits per heavy atom. The van der Waals surface area contributed by atoms with E-state index in [1.165, 1.54) is 31.3 Å². The van der Waals surface area contributed by atoms with E-state index in [2.05, 4.69) is 5.10 Å². The largest absolute Gasteiger partial charge is 0.477 e. The molecule has 1 aromatic carbocycles. The Hall–Kier alpha value is -2.15. The van der Waals surface area contributed by atoms with E-state index in [-0.39, 0.29) is 11.6 Å². The van der Waals surface area contributed by atoms with Gasteiger partial charge in [0.05, 0.1) is 0 Å². The number of halogens is 3. The molecular formula is C12H9ClF2N2O3. The molecule has 106 valence electrons. The number of ether oxygens (including phenoxy) is 1. The standard InChI is InChI=1S/C12H9ClF2N2O3/c1-17-11(20-7-4-2-6(13)3-5-7)8(12(18)19)9(16-17)10(14)15/h2-5,10H,1H3,(H,18,19). The summed E-state index contributed by atoms with van der Waals surface area (Å²) in [5, 5.41) is 13.0. The van der Waals surface area contributed by atoms with Crippen molar-refractivity contribution in [3.05, 3.63) is 40.5 Å². The zero-order valence-electron chi connectivity index (χ0n) is 10.2. The van der Waals surface area contributed by atoms with Crippen molar-refractivity contribution >= 4 is 17.6 Å². The number of carbonyl (C=O) groups is 1. The second-order valence-corrected chi connectivity index (χ2v) is 4.29. The minimum atomic E-state index is -3.00. The van der Waals surface area contributed by atoms with E-state index in [1.54, 1.807) is 0 Å². The molecule has 0 radical (unpaired) electrons. The van der Waals surface area contributed by atoms with E-state index >= 15 is 0 Å². The molecule has 0 amide bonds. The Bertz CT molecular complexity index is 641. The van der Waals surface area contributed by atoms with Crippen molar-refractivity contribution < 1.29 is 23.4 Å². The fourth-order valence-electron chi connectivity index (χ4n) is 1.61. The van der Waals surface area contributed by atoms with Crippen LogP contribution >= 0.6 is 11.6 Å². The molecule has 0 unspecified atom stereocenters. The lowest BCUT2D eigenvalue weighted by atomic mass is 10.2. The van der Waals surface area contributed by atoms with E-state index in [9.17, 15) is 13.6 Å². The lowest BCUT2D eigenvalue weighted by Gasteiger charge is -2.06. The van der Waals surface area contributed by atoms with Crippen LogP contribution in [0.25, 0.3) is 0 Å². The molecule has 1 heterocycles. The summed E-state index contributed by atoms with van der Waals surface area (Å²) in [4.78, 5) is 11.1. The van der Waals surface area contributed by atoms with Crippen molar-refractivity contribution in [2.24, 2.45) is 7.05 Å². The van der Waals surface area contributed by atoms with Crippen LogP contribution in [0.1, 0.15) is 22.5 Å². The molecule has 0 aliphatic heterocycles. The summed E-state index contributed by atoms with van der Waals surface area (Å²) >= 11 is 5.71. The van der Waals surface area contributed by atoms with Gasteiger partial charge in [-0.1, -0.05) is 11.6 Å². The third-order valence-corrected chi connectivity index (χ3v) is 2.72. The van der Waals surface area contributed by atoms with Crippen LogP contribution in [0.5, 0.6) is 11.6 Å². The summed E-state index contributed by atoms with van der Waals surface area (Å²) in [5.74, 6) is -1.53. The van der Waals surface area contributed by atoms with Crippen LogP contribution in [0.2, 0.25) is 5.02 Å². The van der Waals surface area contributed by atoms with Crippen LogP contribution in [0.15, 0.2) is 24.3 Å². The van der Waals surface area contributed by atoms with E-state index in [1.807, 2.05) is 0 Å². The maximum absolute atomic E-state index is 12.8. The van der Waals surface area contributed by atoms with Gasteiger partial charge in [-0.25, -0.2) is 18.3 Å². The molecule has 0 fully saturated rings. The van der Waals surface area contributed by atoms with Crippen LogP contribution in [-0.2, 0) is 7.05 Å². The van der Waals surface area contributed by atoms with Gasteiger partial charge < -0.3 is 9.84 Å². The molecule has 8 heteroatoms. The van der Waals surface area contributed by atoms with Gasteiger partial charge >= 0.3 is 5.97 Å². The summed E-state index contributed by atoms with van der Waals surface area (Å²) < 4.78 is 31.8. The van der Waals surface area contributed by atoms with Gasteiger partial charge in [0.2, 0.25) is 5.88 Å². The molecule has 5 nitrogen and oxygen atoms in total. The molecule has 0 bridgehead atoms. The van der Waals surface area contributed by atoms with E-state index in [0.29, 0.717) is 5.02 Å². The molecule has 20 heavy (non-hydrogen) atoms. The van der Waals surface area contributed by atoms with Crippen LogP contribution in [0, 0.1) is 0 Å². The van der Waals surface area contributed by atoms with E-state index in [0.717, 1.165) is 4.68 Å². The number of carboxylic acids is 1. The quantitative estimate of drug-likeness (QED) is 0.938. The first-order valence-corrected chi connectivity index (χ1v) is 5.79. The third-order valence-electron chi connectivity index (χ3n) is 2.47. The zero-order chi connectivity index (χ0) is 14.9. The average Bonchev–Trinajstić information content (AvgIpc) is 2.70. The summed E-state index contributed by atoms with van der Waals surface area (Å²) in [5.41, 5.74) is -1.48. The summed E-state index contributed by atoms with van der Waals surface area (Å²) in [6, 6.07) is 6.04. The molecule has 1 aromatic heterocycles. The van der Waals surface area contributed by atoms with Crippen molar-refractivity contribution in [3.8, 4) is 11.6 Å². The number of aromatic carboxylic acids is 1. The Kier molecular flexibility index (Phi) is 3.89. The van der Waals surface area contributed by atoms with Gasteiger partial charge in [-0.2, -0.15) is 5.10 Å². The van der Waals surface area contributed by atoms with Gasteiger partial charge in [-0.15, -0.1) is 0 Å². The second kappa shape index (κ2) is 5.46. The van der Waals surface area contributed by atoms with Crippen molar-refractivity contribution in [2.75, 3.05) is 0 Å². The maximum atomic E-state index is 12.8. The number of nitrogens with zero attached hydrogens (tertiary/aromatic N) is 2. The first-order chi connectivity index (χ1) is 9.40. The van der Waals surface area contributed by atoms with Gasteiger partial charge in [0.15, 0.2) is 5.56 Å². The molecule has 0 atom stereocenters. The fourth-order valence-corrected chi connectivity index (χ4v) is 1.74. The number of carboxylic acid groups (broad SMARTS) is 1. The molecule has 2 rings (SSSR count). The van der Waals surface area contributed by atoms with Gasteiger partial charge in [0.25, 0.3) is 6.43 Å². The number of benzene rings is 1. The monoisotopic (exact) mass is 302 g/mol. The summed E-state index contributed by atoms with van der Waals surface area (Å²) in [6.45, 7) is 0. The Morgan fingerprint density at radius 2 is 2.00 bits per heavy atom. The molecule has 2 aromatic rings. The first-order valence-electron chi connectivity index (χ1n) is 5.42. The summed E-state index contributed by atoms with van der Waals surface area (Å²) in [6.07, 6.45) is -3.00. The number of hydrogen-bond acceptors (Lipinski definition) is 3. The average molecular weight is 303 g/mol. The molecule has 1 N–H and O–H groups in total. The smallest absolute Gasteiger partial charge is 0.343 e. The number of aryl methyl sites for hydroxylation is 1. The van der Waals surface area contributed by atoms with E-state index < -0.39 is 23.7 Å². The maximum Gasteiger partial charge on any atom is 0.343 e. The number of rotatable bonds is 4. The number of alkyl halides is 2. The molecule has 0 saturated carbocycles. The molecule has 0 aliphatic rings. The number of aromatic nitrogens is 2. The SMILES string of the molecule is Cn1nc(C(F)F)c(C(=O)O)c1Oc1ccc(Cl)cc1. The molecule has 0 aliphatic carbocycles. The van der Waals surface area contributed by atoms with Crippen molar-refractivity contribution in [2.45, 2.75) is 6.43 Å². The fraction of sp³-hybridized carbons (Fsp3) is 0.167. The van der Waals surface area contributed by atoms with Crippen LogP contribution < -0.4 is 4.74 Å². The second-order valence-electron chi connectivity index (χ2n) is 3.85.